The smallest absolute Gasteiger partial charge is 0.109 e. The van der Waals surface area contributed by atoms with Crippen LogP contribution in [0.1, 0.15) is 9.88 Å². The first kappa shape index (κ1) is 8.87. The first-order valence-corrected chi connectivity index (χ1v) is 5.79. The van der Waals surface area contributed by atoms with Crippen LogP contribution in [0.4, 0.5) is 0 Å². The van der Waals surface area contributed by atoms with Gasteiger partial charge in [-0.25, -0.2) is 4.98 Å². The van der Waals surface area contributed by atoms with Crippen molar-refractivity contribution in [3.8, 4) is 10.6 Å². The van der Waals surface area contributed by atoms with Crippen molar-refractivity contribution in [2.75, 3.05) is 0 Å². The van der Waals surface area contributed by atoms with Crippen LogP contribution in [0.15, 0.2) is 17.5 Å². The molecule has 2 aromatic heterocycles. The Kier molecular flexibility index (Phi) is 2.44. The fraction of sp³-hybridized carbons (Fsp3) is 0.222. The highest BCUT2D eigenvalue weighted by molar-refractivity contribution is 7.16. The van der Waals surface area contributed by atoms with E-state index in [-0.39, 0.29) is 0 Å². The molecule has 2 rings (SSSR count). The zero-order valence-electron chi connectivity index (χ0n) is 7.41. The lowest BCUT2D eigenvalue weighted by atomic mass is 10.4. The van der Waals surface area contributed by atoms with Crippen LogP contribution in [-0.2, 0) is 6.54 Å². The van der Waals surface area contributed by atoms with Gasteiger partial charge in [0.2, 0.25) is 0 Å². The highest BCUT2D eigenvalue weighted by atomic mass is 32.1. The number of hydrogen-bond acceptors (Lipinski definition) is 3. The van der Waals surface area contributed by atoms with Crippen molar-refractivity contribution < 1.29 is 5.73 Å². The van der Waals surface area contributed by atoms with Crippen molar-refractivity contribution >= 4 is 22.7 Å². The first-order chi connectivity index (χ1) is 6.29. The summed E-state index contributed by atoms with van der Waals surface area (Å²) in [4.78, 5) is 7.01. The lowest BCUT2D eigenvalue weighted by molar-refractivity contribution is -0.385. The van der Waals surface area contributed by atoms with E-state index in [0.717, 1.165) is 17.2 Å². The molecule has 0 spiro atoms. The van der Waals surface area contributed by atoms with E-state index in [1.54, 1.807) is 22.7 Å². The molecule has 4 heteroatoms. The predicted octanol–water partition coefficient (Wildman–Crippen LogP) is 1.92. The van der Waals surface area contributed by atoms with Crippen LogP contribution >= 0.6 is 22.7 Å². The summed E-state index contributed by atoms with van der Waals surface area (Å²) < 4.78 is 0. The van der Waals surface area contributed by atoms with Gasteiger partial charge in [0.25, 0.3) is 0 Å². The SMILES string of the molecule is Cc1nc(-c2ccc(C[NH3+])s2)cs1. The molecule has 0 aliphatic carbocycles. The molecule has 0 saturated carbocycles. The van der Waals surface area contributed by atoms with Crippen molar-refractivity contribution in [1.29, 1.82) is 0 Å². The Morgan fingerprint density at radius 1 is 1.46 bits per heavy atom. The molecule has 0 amide bonds. The minimum atomic E-state index is 0.869. The second kappa shape index (κ2) is 3.57. The number of thiazole rings is 1. The van der Waals surface area contributed by atoms with Gasteiger partial charge in [0.1, 0.15) is 6.54 Å². The van der Waals surface area contributed by atoms with E-state index in [1.165, 1.54) is 9.75 Å². The van der Waals surface area contributed by atoms with Gasteiger partial charge in [0, 0.05) is 5.38 Å². The predicted molar refractivity (Wildman–Crippen MR) is 56.8 cm³/mol. The summed E-state index contributed by atoms with van der Waals surface area (Å²) in [5.74, 6) is 0. The van der Waals surface area contributed by atoms with Crippen molar-refractivity contribution in [3.63, 3.8) is 0 Å². The molecular formula is C9H11N2S2+. The van der Waals surface area contributed by atoms with Crippen LogP contribution in [0.2, 0.25) is 0 Å². The molecule has 0 radical (unpaired) electrons. The summed E-state index contributed by atoms with van der Waals surface area (Å²) in [6.07, 6.45) is 0. The van der Waals surface area contributed by atoms with Gasteiger partial charge in [-0.3, -0.25) is 0 Å². The zero-order chi connectivity index (χ0) is 9.26. The first-order valence-electron chi connectivity index (χ1n) is 4.10. The molecule has 2 nitrogen and oxygen atoms in total. The molecule has 3 N–H and O–H groups in total. The van der Waals surface area contributed by atoms with Crippen LogP contribution < -0.4 is 5.73 Å². The molecule has 0 aliphatic heterocycles. The Hall–Kier alpha value is -0.710. The maximum absolute atomic E-state index is 4.44. The molecule has 0 fully saturated rings. The van der Waals surface area contributed by atoms with E-state index in [1.807, 2.05) is 6.92 Å². The van der Waals surface area contributed by atoms with Crippen LogP contribution in [0, 0.1) is 6.92 Å². The van der Waals surface area contributed by atoms with Gasteiger partial charge >= 0.3 is 0 Å². The average molecular weight is 211 g/mol. The third-order valence-electron chi connectivity index (χ3n) is 1.78. The highest BCUT2D eigenvalue weighted by Gasteiger charge is 2.05. The zero-order valence-corrected chi connectivity index (χ0v) is 9.04. The number of nitrogens with zero attached hydrogens (tertiary/aromatic N) is 1. The van der Waals surface area contributed by atoms with E-state index in [4.69, 9.17) is 0 Å². The monoisotopic (exact) mass is 211 g/mol. The quantitative estimate of drug-likeness (QED) is 0.810. The number of quaternary nitrogens is 1. The molecule has 0 unspecified atom stereocenters. The van der Waals surface area contributed by atoms with Crippen molar-refractivity contribution in [3.05, 3.63) is 27.4 Å². The van der Waals surface area contributed by atoms with E-state index in [9.17, 15) is 0 Å². The third-order valence-corrected chi connectivity index (χ3v) is 3.72. The van der Waals surface area contributed by atoms with E-state index < -0.39 is 0 Å². The third kappa shape index (κ3) is 1.80. The Balaban J connectivity index is 2.35. The Bertz CT molecular complexity index is 403. The van der Waals surface area contributed by atoms with Crippen LogP contribution in [-0.4, -0.2) is 4.98 Å². The summed E-state index contributed by atoms with van der Waals surface area (Å²) in [6, 6.07) is 4.25. The van der Waals surface area contributed by atoms with Gasteiger partial charge in [0.15, 0.2) is 0 Å². The Morgan fingerprint density at radius 2 is 2.31 bits per heavy atom. The second-order valence-corrected chi connectivity index (χ2v) is 5.00. The number of rotatable bonds is 2. The molecule has 0 aliphatic rings. The molecular weight excluding hydrogens is 200 g/mol. The minimum absolute atomic E-state index is 0.869. The van der Waals surface area contributed by atoms with E-state index in [0.29, 0.717) is 0 Å². The van der Waals surface area contributed by atoms with Crippen molar-refractivity contribution in [1.82, 2.24) is 4.98 Å². The summed E-state index contributed by atoms with van der Waals surface area (Å²) in [5.41, 5.74) is 4.96. The molecule has 13 heavy (non-hydrogen) atoms. The number of aryl methyl sites for hydroxylation is 1. The van der Waals surface area contributed by atoms with Gasteiger partial charge in [-0.1, -0.05) is 0 Å². The standard InChI is InChI=1S/C9H10N2S2/c1-6-11-8(5-12-6)9-3-2-7(4-10)13-9/h2-3,5H,4,10H2,1H3/p+1. The maximum atomic E-state index is 4.44. The number of thiophene rings is 1. The summed E-state index contributed by atoms with van der Waals surface area (Å²) >= 11 is 3.48. The lowest BCUT2D eigenvalue weighted by Crippen LogP contribution is -2.47. The fourth-order valence-corrected chi connectivity index (χ4v) is 2.68. The van der Waals surface area contributed by atoms with Crippen LogP contribution in [0.25, 0.3) is 10.6 Å². The van der Waals surface area contributed by atoms with Crippen molar-refractivity contribution in [2.24, 2.45) is 0 Å². The largest absolute Gasteiger partial charge is 0.353 e. The summed E-state index contributed by atoms with van der Waals surface area (Å²) in [5, 5.41) is 3.23. The Labute approximate surface area is 85.1 Å². The Morgan fingerprint density at radius 3 is 2.85 bits per heavy atom. The average Bonchev–Trinajstić information content (AvgIpc) is 2.71. The van der Waals surface area contributed by atoms with Gasteiger partial charge in [0.05, 0.1) is 20.5 Å². The molecule has 2 aromatic rings. The van der Waals surface area contributed by atoms with Crippen molar-refractivity contribution in [2.45, 2.75) is 13.5 Å². The summed E-state index contributed by atoms with van der Waals surface area (Å²) in [7, 11) is 0. The molecule has 0 aromatic carbocycles. The van der Waals surface area contributed by atoms with Gasteiger partial charge in [-0.15, -0.1) is 22.7 Å². The normalized spacial score (nSPS) is 10.6. The molecule has 68 valence electrons. The molecule has 0 saturated heterocycles. The maximum Gasteiger partial charge on any atom is 0.109 e. The summed E-state index contributed by atoms with van der Waals surface area (Å²) in [6.45, 7) is 2.90. The highest BCUT2D eigenvalue weighted by Crippen LogP contribution is 2.28. The topological polar surface area (TPSA) is 40.5 Å². The van der Waals surface area contributed by atoms with Crippen LogP contribution in [0.5, 0.6) is 0 Å². The number of hydrogen-bond donors (Lipinski definition) is 1. The lowest BCUT2D eigenvalue weighted by Gasteiger charge is -1.86. The fourth-order valence-electron chi connectivity index (χ4n) is 1.13. The molecule has 2 heterocycles. The van der Waals surface area contributed by atoms with Gasteiger partial charge in [-0.2, -0.15) is 0 Å². The van der Waals surface area contributed by atoms with E-state index >= 15 is 0 Å². The second-order valence-electron chi connectivity index (χ2n) is 2.77. The minimum Gasteiger partial charge on any atom is -0.353 e. The molecule has 0 atom stereocenters. The van der Waals surface area contributed by atoms with Gasteiger partial charge in [-0.05, 0) is 19.1 Å². The van der Waals surface area contributed by atoms with E-state index in [2.05, 4.69) is 28.2 Å². The van der Waals surface area contributed by atoms with Crippen LogP contribution in [0.3, 0.4) is 0 Å². The van der Waals surface area contributed by atoms with Gasteiger partial charge < -0.3 is 5.73 Å². The molecule has 0 bridgehead atoms. The number of aromatic nitrogens is 1.